The SMILES string of the molecule is CN1CCC2(CCC2)C1.Cc1ccc(NC=O)cc1CCc1cc(Nc2nccnc2C)n[nH]1. The molecule has 5 rings (SSSR count). The number of nitrogens with one attached hydrogen (secondary N) is 3. The second-order valence-corrected chi connectivity index (χ2v) is 9.64. The summed E-state index contributed by atoms with van der Waals surface area (Å²) < 4.78 is 0. The van der Waals surface area contributed by atoms with Crippen LogP contribution in [0.1, 0.15) is 48.2 Å². The molecule has 3 heterocycles. The zero-order chi connectivity index (χ0) is 24.0. The smallest absolute Gasteiger partial charge is 0.211 e. The first-order chi connectivity index (χ1) is 16.5. The van der Waals surface area contributed by atoms with Gasteiger partial charge in [-0.15, -0.1) is 0 Å². The van der Waals surface area contributed by atoms with Crippen molar-refractivity contribution in [3.8, 4) is 0 Å². The molecule has 1 amide bonds. The molecule has 0 bridgehead atoms. The summed E-state index contributed by atoms with van der Waals surface area (Å²) in [4.78, 5) is 21.5. The largest absolute Gasteiger partial charge is 0.329 e. The van der Waals surface area contributed by atoms with E-state index in [-0.39, 0.29) is 0 Å². The standard InChI is InChI=1S/C18H20N6O.C8H15N/c1-12-3-5-15(21-11-25)9-14(12)4-6-16-10-17(24-23-16)22-18-13(2)19-7-8-20-18;1-9-6-5-8(7-9)3-2-4-8/h3,5,7-11H,4,6H2,1-2H3,(H,21,25)(H2,20,22,23,24);2-7H2,1H3. The van der Waals surface area contributed by atoms with Crippen LogP contribution >= 0.6 is 0 Å². The molecule has 8 heteroatoms. The first-order valence-corrected chi connectivity index (χ1v) is 12.0. The van der Waals surface area contributed by atoms with E-state index >= 15 is 0 Å². The highest BCUT2D eigenvalue weighted by atomic mass is 16.1. The van der Waals surface area contributed by atoms with Gasteiger partial charge in [0.2, 0.25) is 6.41 Å². The van der Waals surface area contributed by atoms with Gasteiger partial charge < -0.3 is 15.5 Å². The summed E-state index contributed by atoms with van der Waals surface area (Å²) in [5, 5.41) is 13.2. The number of carbonyl (C=O) groups excluding carboxylic acids is 1. The van der Waals surface area contributed by atoms with Crippen LogP contribution in [0.2, 0.25) is 0 Å². The lowest BCUT2D eigenvalue weighted by atomic mass is 9.68. The van der Waals surface area contributed by atoms with Crippen LogP contribution in [0.4, 0.5) is 17.3 Å². The first-order valence-electron chi connectivity index (χ1n) is 12.0. The Balaban J connectivity index is 0.000000252. The van der Waals surface area contributed by atoms with Gasteiger partial charge in [0.15, 0.2) is 11.6 Å². The van der Waals surface area contributed by atoms with Crippen molar-refractivity contribution in [3.05, 3.63) is 59.2 Å². The molecule has 1 saturated carbocycles. The molecule has 1 saturated heterocycles. The molecule has 1 aromatic carbocycles. The summed E-state index contributed by atoms with van der Waals surface area (Å²) >= 11 is 0. The number of anilines is 3. The number of rotatable bonds is 7. The average Bonchev–Trinajstić information content (AvgIpc) is 3.43. The van der Waals surface area contributed by atoms with Crippen molar-refractivity contribution < 1.29 is 4.79 Å². The van der Waals surface area contributed by atoms with E-state index in [1.165, 1.54) is 49.9 Å². The quantitative estimate of drug-likeness (QED) is 0.451. The number of hydrogen-bond donors (Lipinski definition) is 3. The minimum Gasteiger partial charge on any atom is -0.329 e. The van der Waals surface area contributed by atoms with Crippen LogP contribution in [0.25, 0.3) is 0 Å². The van der Waals surface area contributed by atoms with Gasteiger partial charge in [-0.25, -0.2) is 4.98 Å². The van der Waals surface area contributed by atoms with Crippen molar-refractivity contribution >= 4 is 23.7 Å². The fourth-order valence-corrected chi connectivity index (χ4v) is 4.82. The predicted octanol–water partition coefficient (Wildman–Crippen LogP) is 4.41. The van der Waals surface area contributed by atoms with E-state index in [1.54, 1.807) is 12.4 Å². The molecule has 34 heavy (non-hydrogen) atoms. The molecule has 1 aliphatic heterocycles. The third-order valence-electron chi connectivity index (χ3n) is 7.04. The van der Waals surface area contributed by atoms with Crippen LogP contribution in [0.15, 0.2) is 36.7 Å². The molecule has 3 N–H and O–H groups in total. The summed E-state index contributed by atoms with van der Waals surface area (Å²) in [6.07, 6.45) is 11.7. The van der Waals surface area contributed by atoms with E-state index < -0.39 is 0 Å². The first kappa shape index (κ1) is 23.9. The van der Waals surface area contributed by atoms with Crippen LogP contribution in [-0.4, -0.2) is 51.6 Å². The lowest BCUT2D eigenvalue weighted by molar-refractivity contribution is -0.105. The molecule has 0 unspecified atom stereocenters. The third-order valence-corrected chi connectivity index (χ3v) is 7.04. The van der Waals surface area contributed by atoms with Gasteiger partial charge in [-0.1, -0.05) is 12.5 Å². The number of aryl methyl sites for hydroxylation is 4. The van der Waals surface area contributed by atoms with Crippen LogP contribution in [0.5, 0.6) is 0 Å². The van der Waals surface area contributed by atoms with Crippen LogP contribution in [0.3, 0.4) is 0 Å². The van der Waals surface area contributed by atoms with Gasteiger partial charge in [0, 0.05) is 36.4 Å². The zero-order valence-corrected chi connectivity index (χ0v) is 20.4. The molecule has 3 aromatic rings. The zero-order valence-electron chi connectivity index (χ0n) is 20.4. The molecular weight excluding hydrogens is 426 g/mol. The summed E-state index contributed by atoms with van der Waals surface area (Å²) in [5.41, 5.74) is 5.86. The van der Waals surface area contributed by atoms with E-state index in [2.05, 4.69) is 49.7 Å². The number of carbonyl (C=O) groups is 1. The summed E-state index contributed by atoms with van der Waals surface area (Å²) in [5.74, 6) is 1.41. The van der Waals surface area contributed by atoms with Crippen molar-refractivity contribution in [2.24, 2.45) is 5.41 Å². The lowest BCUT2D eigenvalue weighted by Crippen LogP contribution is -2.31. The minimum atomic E-state index is 0.690. The van der Waals surface area contributed by atoms with Crippen LogP contribution in [-0.2, 0) is 17.6 Å². The van der Waals surface area contributed by atoms with Crippen molar-refractivity contribution in [1.82, 2.24) is 25.1 Å². The van der Waals surface area contributed by atoms with E-state index in [0.29, 0.717) is 18.0 Å². The summed E-state index contributed by atoms with van der Waals surface area (Å²) in [6, 6.07) is 7.88. The number of H-pyrrole nitrogens is 1. The highest BCUT2D eigenvalue weighted by Crippen LogP contribution is 2.47. The number of benzene rings is 1. The molecular formula is C26H35N7O. The second kappa shape index (κ2) is 10.8. The molecule has 0 atom stereocenters. The summed E-state index contributed by atoms with van der Waals surface area (Å²) in [7, 11) is 2.24. The number of hydrogen-bond acceptors (Lipinski definition) is 6. The van der Waals surface area contributed by atoms with Gasteiger partial charge in [0.1, 0.15) is 0 Å². The van der Waals surface area contributed by atoms with E-state index in [0.717, 1.165) is 35.3 Å². The highest BCUT2D eigenvalue weighted by molar-refractivity contribution is 5.71. The number of nitrogens with zero attached hydrogens (tertiary/aromatic N) is 4. The maximum atomic E-state index is 10.6. The average molecular weight is 462 g/mol. The van der Waals surface area contributed by atoms with Crippen molar-refractivity contribution in [3.63, 3.8) is 0 Å². The monoisotopic (exact) mass is 461 g/mol. The Morgan fingerprint density at radius 2 is 1.94 bits per heavy atom. The predicted molar refractivity (Wildman–Crippen MR) is 135 cm³/mol. The van der Waals surface area contributed by atoms with E-state index in [1.807, 2.05) is 31.2 Å². The fourth-order valence-electron chi connectivity index (χ4n) is 4.82. The Morgan fingerprint density at radius 1 is 1.12 bits per heavy atom. The summed E-state index contributed by atoms with van der Waals surface area (Å²) in [6.45, 7) is 6.69. The van der Waals surface area contributed by atoms with Crippen molar-refractivity contribution in [2.45, 2.75) is 52.4 Å². The van der Waals surface area contributed by atoms with Crippen molar-refractivity contribution in [1.29, 1.82) is 0 Å². The third kappa shape index (κ3) is 5.99. The Labute approximate surface area is 201 Å². The Morgan fingerprint density at radius 3 is 2.59 bits per heavy atom. The molecule has 180 valence electrons. The Kier molecular flexibility index (Phi) is 7.57. The Bertz CT molecular complexity index is 1110. The molecule has 2 aliphatic rings. The van der Waals surface area contributed by atoms with Crippen molar-refractivity contribution in [2.75, 3.05) is 30.8 Å². The Hall–Kier alpha value is -3.26. The van der Waals surface area contributed by atoms with Gasteiger partial charge in [-0.2, -0.15) is 5.10 Å². The number of likely N-dealkylation sites (tertiary alicyclic amines) is 1. The maximum absolute atomic E-state index is 10.6. The lowest BCUT2D eigenvalue weighted by Gasteiger charge is -2.37. The van der Waals surface area contributed by atoms with Gasteiger partial charge in [-0.05, 0) is 88.2 Å². The number of aromatic nitrogens is 4. The fraction of sp³-hybridized carbons (Fsp3) is 0.462. The van der Waals surface area contributed by atoms with Crippen LogP contribution in [0, 0.1) is 19.3 Å². The molecule has 2 aromatic heterocycles. The van der Waals surface area contributed by atoms with E-state index in [4.69, 9.17) is 0 Å². The van der Waals surface area contributed by atoms with Gasteiger partial charge >= 0.3 is 0 Å². The highest BCUT2D eigenvalue weighted by Gasteiger charge is 2.41. The number of aromatic amines is 1. The minimum absolute atomic E-state index is 0.690. The topological polar surface area (TPSA) is 98.8 Å². The maximum Gasteiger partial charge on any atom is 0.211 e. The normalized spacial score (nSPS) is 16.4. The van der Waals surface area contributed by atoms with E-state index in [9.17, 15) is 4.79 Å². The van der Waals surface area contributed by atoms with Crippen LogP contribution < -0.4 is 10.6 Å². The molecule has 1 spiro atoms. The molecule has 1 aliphatic carbocycles. The second-order valence-electron chi connectivity index (χ2n) is 9.64. The molecule has 2 fully saturated rings. The molecule has 0 radical (unpaired) electrons. The van der Waals surface area contributed by atoms with Gasteiger partial charge in [0.05, 0.1) is 5.69 Å². The van der Waals surface area contributed by atoms with Gasteiger partial charge in [0.25, 0.3) is 0 Å². The van der Waals surface area contributed by atoms with Gasteiger partial charge in [-0.3, -0.25) is 14.9 Å². The molecule has 8 nitrogen and oxygen atoms in total. The number of amides is 1.